The lowest BCUT2D eigenvalue weighted by atomic mass is 10.1. The van der Waals surface area contributed by atoms with Crippen LogP contribution in [0.25, 0.3) is 11.3 Å². The molecular weight excluding hydrogens is 405 g/mol. The normalized spacial score (nSPS) is 10.4. The first kappa shape index (κ1) is 19.3. The number of aromatic nitrogens is 2. The SMILES string of the molecule is CSc1nc(-c2ccccc2OCc2ccc(Cl)cc2Cl)c(C#N)c(=O)[nH]1. The molecule has 0 saturated carbocycles. The molecule has 0 spiro atoms. The average molecular weight is 418 g/mol. The monoisotopic (exact) mass is 417 g/mol. The summed E-state index contributed by atoms with van der Waals surface area (Å²) in [6.07, 6.45) is 1.79. The smallest absolute Gasteiger partial charge is 0.270 e. The molecule has 0 saturated heterocycles. The van der Waals surface area contributed by atoms with E-state index in [9.17, 15) is 10.1 Å². The molecule has 1 heterocycles. The summed E-state index contributed by atoms with van der Waals surface area (Å²) in [5, 5.41) is 10.9. The van der Waals surface area contributed by atoms with Crippen LogP contribution < -0.4 is 10.3 Å². The second-order valence-corrected chi connectivity index (χ2v) is 7.07. The van der Waals surface area contributed by atoms with Crippen LogP contribution in [-0.4, -0.2) is 16.2 Å². The zero-order chi connectivity index (χ0) is 19.4. The van der Waals surface area contributed by atoms with Crippen molar-refractivity contribution in [3.05, 3.63) is 74.0 Å². The number of nitriles is 1. The summed E-state index contributed by atoms with van der Waals surface area (Å²) < 4.78 is 5.92. The quantitative estimate of drug-likeness (QED) is 0.470. The molecule has 0 aliphatic rings. The fourth-order valence-electron chi connectivity index (χ4n) is 2.43. The molecule has 3 aromatic rings. The minimum absolute atomic E-state index is 0.0617. The van der Waals surface area contributed by atoms with E-state index in [1.54, 1.807) is 48.7 Å². The van der Waals surface area contributed by atoms with Crippen molar-refractivity contribution >= 4 is 35.0 Å². The first-order chi connectivity index (χ1) is 13.0. The van der Waals surface area contributed by atoms with Gasteiger partial charge < -0.3 is 9.72 Å². The third-order valence-electron chi connectivity index (χ3n) is 3.74. The van der Waals surface area contributed by atoms with E-state index in [4.69, 9.17) is 27.9 Å². The lowest BCUT2D eigenvalue weighted by Crippen LogP contribution is -2.15. The summed E-state index contributed by atoms with van der Waals surface area (Å²) in [5.41, 5.74) is 1.06. The molecule has 3 rings (SSSR count). The van der Waals surface area contributed by atoms with Crippen molar-refractivity contribution < 1.29 is 4.74 Å². The van der Waals surface area contributed by atoms with Crippen LogP contribution >= 0.6 is 35.0 Å². The van der Waals surface area contributed by atoms with Gasteiger partial charge in [-0.25, -0.2) is 4.98 Å². The maximum absolute atomic E-state index is 12.2. The van der Waals surface area contributed by atoms with E-state index in [0.29, 0.717) is 26.5 Å². The van der Waals surface area contributed by atoms with Gasteiger partial charge in [0.15, 0.2) is 5.16 Å². The number of ether oxygens (including phenoxy) is 1. The highest BCUT2D eigenvalue weighted by atomic mass is 35.5. The van der Waals surface area contributed by atoms with E-state index in [0.717, 1.165) is 5.56 Å². The zero-order valence-electron chi connectivity index (χ0n) is 14.1. The Labute approximate surface area is 169 Å². The van der Waals surface area contributed by atoms with E-state index >= 15 is 0 Å². The Morgan fingerprint density at radius 3 is 2.74 bits per heavy atom. The highest BCUT2D eigenvalue weighted by Crippen LogP contribution is 2.32. The molecule has 27 heavy (non-hydrogen) atoms. The third-order valence-corrected chi connectivity index (χ3v) is 4.91. The van der Waals surface area contributed by atoms with Crippen molar-refractivity contribution in [2.24, 2.45) is 0 Å². The van der Waals surface area contributed by atoms with Gasteiger partial charge in [-0.15, -0.1) is 0 Å². The van der Waals surface area contributed by atoms with Crippen LogP contribution in [0.1, 0.15) is 11.1 Å². The van der Waals surface area contributed by atoms with Gasteiger partial charge in [-0.2, -0.15) is 5.26 Å². The molecule has 1 N–H and O–H groups in total. The van der Waals surface area contributed by atoms with E-state index in [1.165, 1.54) is 11.8 Å². The number of nitrogens with one attached hydrogen (secondary N) is 1. The molecule has 136 valence electrons. The molecule has 5 nitrogen and oxygen atoms in total. The molecule has 0 bridgehead atoms. The van der Waals surface area contributed by atoms with E-state index in [2.05, 4.69) is 9.97 Å². The van der Waals surface area contributed by atoms with Crippen molar-refractivity contribution in [3.8, 4) is 23.1 Å². The topological polar surface area (TPSA) is 78.8 Å². The van der Waals surface area contributed by atoms with Gasteiger partial charge in [-0.05, 0) is 30.5 Å². The van der Waals surface area contributed by atoms with Gasteiger partial charge in [0.25, 0.3) is 5.56 Å². The van der Waals surface area contributed by atoms with Gasteiger partial charge in [0.2, 0.25) is 0 Å². The molecule has 0 radical (unpaired) electrons. The van der Waals surface area contributed by atoms with Crippen molar-refractivity contribution in [2.75, 3.05) is 6.26 Å². The largest absolute Gasteiger partial charge is 0.488 e. The number of benzene rings is 2. The number of hydrogen-bond donors (Lipinski definition) is 1. The Morgan fingerprint density at radius 2 is 2.04 bits per heavy atom. The number of rotatable bonds is 5. The Bertz CT molecular complexity index is 1090. The van der Waals surface area contributed by atoms with E-state index in [1.807, 2.05) is 6.07 Å². The lowest BCUT2D eigenvalue weighted by Gasteiger charge is -2.13. The standard InChI is InChI=1S/C19H13Cl2N3O2S/c1-27-19-23-17(14(9-22)18(25)24-19)13-4-2-3-5-16(13)26-10-11-6-7-12(20)8-15(11)21/h2-8H,10H2,1H3,(H,23,24,25). The number of thioether (sulfide) groups is 1. The van der Waals surface area contributed by atoms with Crippen LogP contribution in [-0.2, 0) is 6.61 Å². The van der Waals surface area contributed by atoms with Gasteiger partial charge in [0, 0.05) is 21.2 Å². The van der Waals surface area contributed by atoms with Crippen molar-refractivity contribution in [3.63, 3.8) is 0 Å². The molecule has 8 heteroatoms. The Kier molecular flexibility index (Phi) is 6.07. The molecule has 0 aliphatic heterocycles. The van der Waals surface area contributed by atoms with Crippen LogP contribution in [0.15, 0.2) is 52.4 Å². The number of hydrogen-bond acceptors (Lipinski definition) is 5. The fraction of sp³-hybridized carbons (Fsp3) is 0.105. The van der Waals surface area contributed by atoms with Gasteiger partial charge in [0.1, 0.15) is 29.7 Å². The Morgan fingerprint density at radius 1 is 1.26 bits per heavy atom. The highest BCUT2D eigenvalue weighted by Gasteiger charge is 2.17. The van der Waals surface area contributed by atoms with Crippen LogP contribution in [0.2, 0.25) is 10.0 Å². The second kappa shape index (κ2) is 8.49. The molecule has 0 aliphatic carbocycles. The first-order valence-electron chi connectivity index (χ1n) is 7.78. The fourth-order valence-corrected chi connectivity index (χ4v) is 3.27. The summed E-state index contributed by atoms with van der Waals surface area (Å²) in [6, 6.07) is 14.2. The van der Waals surface area contributed by atoms with Gasteiger partial charge >= 0.3 is 0 Å². The lowest BCUT2D eigenvalue weighted by molar-refractivity contribution is 0.307. The molecule has 1 aromatic heterocycles. The summed E-state index contributed by atoms with van der Waals surface area (Å²) in [5.74, 6) is 0.491. The Balaban J connectivity index is 2.01. The molecule has 0 atom stereocenters. The highest BCUT2D eigenvalue weighted by molar-refractivity contribution is 7.98. The third kappa shape index (κ3) is 4.28. The van der Waals surface area contributed by atoms with Gasteiger partial charge in [-0.1, -0.05) is 53.2 Å². The van der Waals surface area contributed by atoms with Crippen molar-refractivity contribution in [2.45, 2.75) is 11.8 Å². The summed E-state index contributed by atoms with van der Waals surface area (Å²) in [4.78, 5) is 19.2. The maximum atomic E-state index is 12.2. The number of aromatic amines is 1. The molecule has 0 unspecified atom stereocenters. The predicted molar refractivity (Wildman–Crippen MR) is 108 cm³/mol. The van der Waals surface area contributed by atoms with Crippen LogP contribution in [0.5, 0.6) is 5.75 Å². The second-order valence-electron chi connectivity index (χ2n) is 5.43. The van der Waals surface area contributed by atoms with Crippen molar-refractivity contribution in [1.29, 1.82) is 5.26 Å². The minimum Gasteiger partial charge on any atom is -0.488 e. The van der Waals surface area contributed by atoms with Crippen LogP contribution in [0, 0.1) is 11.3 Å². The predicted octanol–water partition coefficient (Wildman–Crippen LogP) is 4.92. The van der Waals surface area contributed by atoms with E-state index < -0.39 is 5.56 Å². The Hall–Kier alpha value is -2.46. The summed E-state index contributed by atoms with van der Waals surface area (Å²) >= 11 is 13.4. The number of halogens is 2. The molecular formula is C19H13Cl2N3O2S. The van der Waals surface area contributed by atoms with Crippen molar-refractivity contribution in [1.82, 2.24) is 9.97 Å². The van der Waals surface area contributed by atoms with Crippen LogP contribution in [0.4, 0.5) is 0 Å². The number of H-pyrrole nitrogens is 1. The first-order valence-corrected chi connectivity index (χ1v) is 9.76. The average Bonchev–Trinajstić information content (AvgIpc) is 2.67. The van der Waals surface area contributed by atoms with Crippen LogP contribution in [0.3, 0.4) is 0 Å². The maximum Gasteiger partial charge on any atom is 0.270 e. The molecule has 0 fully saturated rings. The number of para-hydroxylation sites is 1. The number of nitrogens with zero attached hydrogens (tertiary/aromatic N) is 2. The minimum atomic E-state index is -0.484. The summed E-state index contributed by atoms with van der Waals surface area (Å²) in [6.45, 7) is 0.202. The van der Waals surface area contributed by atoms with Gasteiger partial charge in [0.05, 0.1) is 0 Å². The van der Waals surface area contributed by atoms with E-state index in [-0.39, 0.29) is 17.9 Å². The summed E-state index contributed by atoms with van der Waals surface area (Å²) in [7, 11) is 0. The zero-order valence-corrected chi connectivity index (χ0v) is 16.5. The molecule has 0 amide bonds. The molecule has 2 aromatic carbocycles. The van der Waals surface area contributed by atoms with Gasteiger partial charge in [-0.3, -0.25) is 4.79 Å².